The van der Waals surface area contributed by atoms with Crippen molar-refractivity contribution in [3.05, 3.63) is 35.7 Å². The maximum atomic E-state index is 12.4. The van der Waals surface area contributed by atoms with Gasteiger partial charge in [0.2, 0.25) is 17.6 Å². The molecule has 1 aromatic carbocycles. The number of carbonyl (C=O) groups excluding carboxylic acids is 1. The molecule has 1 aliphatic heterocycles. The zero-order valence-electron chi connectivity index (χ0n) is 15.7. The molecule has 7 heteroatoms. The first-order valence-electron chi connectivity index (χ1n) is 9.14. The number of hydrogen-bond acceptors (Lipinski definition) is 6. The molecule has 1 aliphatic rings. The molecule has 26 heavy (non-hydrogen) atoms. The number of rotatable bonds is 6. The second kappa shape index (κ2) is 8.42. The molecule has 0 saturated carbocycles. The Balaban J connectivity index is 1.57. The topological polar surface area (TPSA) is 83.3 Å². The lowest BCUT2D eigenvalue weighted by Gasteiger charge is -2.31. The molecule has 1 aromatic heterocycles. The van der Waals surface area contributed by atoms with Gasteiger partial charge < -0.3 is 15.2 Å². The minimum absolute atomic E-state index is 0.0332. The average Bonchev–Trinajstić information content (AvgIpc) is 3.12. The monoisotopic (exact) mass is 357 g/mol. The molecule has 1 saturated heterocycles. The van der Waals surface area contributed by atoms with E-state index in [1.54, 1.807) is 0 Å². The minimum Gasteiger partial charge on any atom is -0.343 e. The summed E-state index contributed by atoms with van der Waals surface area (Å²) in [6, 6.07) is 8.01. The Kier molecular flexibility index (Phi) is 6.00. The van der Waals surface area contributed by atoms with Crippen LogP contribution in [0.25, 0.3) is 11.4 Å². The average molecular weight is 357 g/mol. The Morgan fingerprint density at radius 3 is 2.85 bits per heavy atom. The number of aryl methyl sites for hydroxylation is 1. The SMILES string of the molecule is Cc1ccccc1-c1noc([C@@H](C)NC(=O)CN(C)C2CCNCC2)n1. The lowest BCUT2D eigenvalue weighted by molar-refractivity contribution is -0.123. The van der Waals surface area contributed by atoms with Crippen molar-refractivity contribution in [2.24, 2.45) is 0 Å². The van der Waals surface area contributed by atoms with Crippen LogP contribution in [-0.2, 0) is 4.79 Å². The van der Waals surface area contributed by atoms with E-state index in [1.807, 2.05) is 45.2 Å². The third-order valence-corrected chi connectivity index (χ3v) is 4.90. The van der Waals surface area contributed by atoms with Crippen LogP contribution in [0.3, 0.4) is 0 Å². The highest BCUT2D eigenvalue weighted by atomic mass is 16.5. The summed E-state index contributed by atoms with van der Waals surface area (Å²) in [4.78, 5) is 18.9. The summed E-state index contributed by atoms with van der Waals surface area (Å²) in [6.07, 6.45) is 2.14. The number of aromatic nitrogens is 2. The van der Waals surface area contributed by atoms with E-state index in [-0.39, 0.29) is 11.9 Å². The molecule has 0 bridgehead atoms. The van der Waals surface area contributed by atoms with Gasteiger partial charge in [0.05, 0.1) is 6.54 Å². The number of carbonyl (C=O) groups is 1. The fourth-order valence-corrected chi connectivity index (χ4v) is 3.30. The van der Waals surface area contributed by atoms with E-state index in [2.05, 4.69) is 25.7 Å². The normalized spacial score (nSPS) is 16.6. The van der Waals surface area contributed by atoms with Gasteiger partial charge in [0.15, 0.2) is 0 Å². The molecule has 0 spiro atoms. The van der Waals surface area contributed by atoms with E-state index in [9.17, 15) is 4.79 Å². The van der Waals surface area contributed by atoms with Crippen LogP contribution in [0.1, 0.15) is 37.3 Å². The summed E-state index contributed by atoms with van der Waals surface area (Å²) in [5.41, 5.74) is 2.02. The first-order chi connectivity index (χ1) is 12.5. The predicted octanol–water partition coefficient (Wildman–Crippen LogP) is 1.91. The standard InChI is InChI=1S/C19H27N5O2/c1-13-6-4-5-7-16(13)18-22-19(26-23-18)14(2)21-17(25)12-24(3)15-8-10-20-11-9-15/h4-7,14-15,20H,8-12H2,1-3H3,(H,21,25)/t14-/m1/s1. The minimum atomic E-state index is -0.325. The van der Waals surface area contributed by atoms with E-state index >= 15 is 0 Å². The number of nitrogens with zero attached hydrogens (tertiary/aromatic N) is 3. The Bertz CT molecular complexity index is 739. The smallest absolute Gasteiger partial charge is 0.249 e. The zero-order chi connectivity index (χ0) is 18.5. The van der Waals surface area contributed by atoms with Crippen molar-refractivity contribution in [1.82, 2.24) is 25.7 Å². The highest BCUT2D eigenvalue weighted by Crippen LogP contribution is 2.21. The molecule has 0 aliphatic carbocycles. The first kappa shape index (κ1) is 18.5. The number of hydrogen-bond donors (Lipinski definition) is 2. The molecule has 140 valence electrons. The highest BCUT2D eigenvalue weighted by Gasteiger charge is 2.22. The van der Waals surface area contributed by atoms with Gasteiger partial charge in [-0.2, -0.15) is 4.98 Å². The van der Waals surface area contributed by atoms with Gasteiger partial charge >= 0.3 is 0 Å². The summed E-state index contributed by atoms with van der Waals surface area (Å²) in [7, 11) is 2.00. The Morgan fingerprint density at radius 2 is 2.12 bits per heavy atom. The van der Waals surface area contributed by atoms with E-state index in [1.165, 1.54) is 0 Å². The lowest BCUT2D eigenvalue weighted by Crippen LogP contribution is -2.45. The molecule has 2 heterocycles. The first-order valence-corrected chi connectivity index (χ1v) is 9.14. The molecule has 0 radical (unpaired) electrons. The summed E-state index contributed by atoms with van der Waals surface area (Å²) < 4.78 is 5.36. The Labute approximate surface area is 154 Å². The van der Waals surface area contributed by atoms with Gasteiger partial charge in [-0.25, -0.2) is 0 Å². The molecular weight excluding hydrogens is 330 g/mol. The number of piperidine rings is 1. The lowest BCUT2D eigenvalue weighted by atomic mass is 10.1. The van der Waals surface area contributed by atoms with Crippen molar-refractivity contribution in [3.63, 3.8) is 0 Å². The van der Waals surface area contributed by atoms with Crippen molar-refractivity contribution in [2.75, 3.05) is 26.7 Å². The quantitative estimate of drug-likeness (QED) is 0.822. The summed E-state index contributed by atoms with van der Waals surface area (Å²) in [5.74, 6) is 0.932. The Morgan fingerprint density at radius 1 is 1.38 bits per heavy atom. The van der Waals surface area contributed by atoms with Gasteiger partial charge in [-0.05, 0) is 52.4 Å². The molecule has 0 unspecified atom stereocenters. The molecule has 2 N–H and O–H groups in total. The van der Waals surface area contributed by atoms with Crippen molar-refractivity contribution in [3.8, 4) is 11.4 Å². The molecule has 3 rings (SSSR count). The predicted molar refractivity (Wildman–Crippen MR) is 99.6 cm³/mol. The maximum absolute atomic E-state index is 12.4. The van der Waals surface area contributed by atoms with E-state index < -0.39 is 0 Å². The third kappa shape index (κ3) is 4.47. The molecule has 1 amide bonds. The maximum Gasteiger partial charge on any atom is 0.249 e. The fraction of sp³-hybridized carbons (Fsp3) is 0.526. The zero-order valence-corrected chi connectivity index (χ0v) is 15.7. The van der Waals surface area contributed by atoms with Gasteiger partial charge in [-0.15, -0.1) is 0 Å². The number of nitrogens with one attached hydrogen (secondary N) is 2. The Hall–Kier alpha value is -2.25. The summed E-state index contributed by atoms with van der Waals surface area (Å²) in [6.45, 7) is 6.26. The molecule has 1 fully saturated rings. The van der Waals surface area contributed by atoms with Crippen LogP contribution in [0.2, 0.25) is 0 Å². The van der Waals surface area contributed by atoms with Crippen molar-refractivity contribution in [1.29, 1.82) is 0 Å². The third-order valence-electron chi connectivity index (χ3n) is 4.90. The van der Waals surface area contributed by atoms with Crippen LogP contribution in [0, 0.1) is 6.92 Å². The van der Waals surface area contributed by atoms with Crippen LogP contribution >= 0.6 is 0 Å². The van der Waals surface area contributed by atoms with Crippen molar-refractivity contribution in [2.45, 2.75) is 38.8 Å². The number of benzene rings is 1. The van der Waals surface area contributed by atoms with Gasteiger partial charge in [0.25, 0.3) is 0 Å². The highest BCUT2D eigenvalue weighted by molar-refractivity contribution is 5.78. The fourth-order valence-electron chi connectivity index (χ4n) is 3.30. The van der Waals surface area contributed by atoms with E-state index in [0.29, 0.717) is 24.3 Å². The molecule has 2 aromatic rings. The van der Waals surface area contributed by atoms with Gasteiger partial charge in [-0.1, -0.05) is 29.4 Å². The summed E-state index contributed by atoms with van der Waals surface area (Å²) in [5, 5.41) is 10.3. The van der Waals surface area contributed by atoms with Gasteiger partial charge in [-0.3, -0.25) is 9.69 Å². The second-order valence-electron chi connectivity index (χ2n) is 6.96. The van der Waals surface area contributed by atoms with Gasteiger partial charge in [0.1, 0.15) is 6.04 Å². The van der Waals surface area contributed by atoms with Crippen LogP contribution < -0.4 is 10.6 Å². The van der Waals surface area contributed by atoms with Crippen molar-refractivity contribution < 1.29 is 9.32 Å². The largest absolute Gasteiger partial charge is 0.343 e. The van der Waals surface area contributed by atoms with E-state index in [4.69, 9.17) is 4.52 Å². The summed E-state index contributed by atoms with van der Waals surface area (Å²) >= 11 is 0. The molecular formula is C19H27N5O2. The van der Waals surface area contributed by atoms with Crippen molar-refractivity contribution >= 4 is 5.91 Å². The van der Waals surface area contributed by atoms with Crippen LogP contribution in [0.15, 0.2) is 28.8 Å². The number of amides is 1. The van der Waals surface area contributed by atoms with Crippen LogP contribution in [0.5, 0.6) is 0 Å². The van der Waals surface area contributed by atoms with E-state index in [0.717, 1.165) is 37.1 Å². The molecule has 7 nitrogen and oxygen atoms in total. The second-order valence-corrected chi connectivity index (χ2v) is 6.96. The van der Waals surface area contributed by atoms with Gasteiger partial charge in [0, 0.05) is 11.6 Å². The number of likely N-dealkylation sites (N-methyl/N-ethyl adjacent to an activating group) is 1. The van der Waals surface area contributed by atoms with Crippen LogP contribution in [-0.4, -0.2) is 53.7 Å². The van der Waals surface area contributed by atoms with Crippen LogP contribution in [0.4, 0.5) is 0 Å². The molecule has 1 atom stereocenters.